The van der Waals surface area contributed by atoms with E-state index in [1.54, 1.807) is 5.51 Å². The number of fused-ring (bicyclic) bond motifs is 1. The number of nitrogens with one attached hydrogen (secondary N) is 2. The van der Waals surface area contributed by atoms with Crippen LogP contribution in [0.1, 0.15) is 5.56 Å². The standard InChI is InChI=1S/C21H20FN7S.ClH/c22-16-11-25-21(28-20(16)15-2-3-17-18(9-15)30-13-26-17)27-19-4-1-14(10-24-19)12-29-7-5-23-6-8-29;/h1-4,9-11,13,23H,5-8,12H2,(H,24,25,27,28);1H. The van der Waals surface area contributed by atoms with Crippen molar-refractivity contribution in [1.29, 1.82) is 0 Å². The minimum atomic E-state index is -0.469. The minimum absolute atomic E-state index is 0. The average molecular weight is 458 g/mol. The normalized spacial score (nSPS) is 14.4. The Labute approximate surface area is 189 Å². The molecule has 1 saturated heterocycles. The number of hydrogen-bond acceptors (Lipinski definition) is 8. The van der Waals surface area contributed by atoms with Gasteiger partial charge in [0.1, 0.15) is 11.5 Å². The Kier molecular flexibility index (Phi) is 6.67. The lowest BCUT2D eigenvalue weighted by Crippen LogP contribution is -2.42. The maximum atomic E-state index is 14.4. The number of hydrogen-bond donors (Lipinski definition) is 2. The summed E-state index contributed by atoms with van der Waals surface area (Å²) in [4.78, 5) is 19.6. The van der Waals surface area contributed by atoms with E-state index in [-0.39, 0.29) is 18.1 Å². The van der Waals surface area contributed by atoms with E-state index in [0.717, 1.165) is 48.5 Å². The first-order valence-corrected chi connectivity index (χ1v) is 10.6. The fourth-order valence-electron chi connectivity index (χ4n) is 3.47. The average Bonchev–Trinajstić information content (AvgIpc) is 3.25. The number of halogens is 2. The number of piperazine rings is 1. The molecule has 0 atom stereocenters. The predicted octanol–water partition coefficient (Wildman–Crippen LogP) is 3.86. The molecule has 4 aromatic rings. The van der Waals surface area contributed by atoms with Gasteiger partial charge in [0, 0.05) is 44.5 Å². The Hall–Kier alpha value is -2.72. The molecule has 160 valence electrons. The molecular weight excluding hydrogens is 437 g/mol. The molecule has 5 rings (SSSR count). The Morgan fingerprint density at radius 2 is 1.94 bits per heavy atom. The zero-order valence-corrected chi connectivity index (χ0v) is 18.2. The summed E-state index contributed by atoms with van der Waals surface area (Å²) in [5, 5.41) is 6.43. The van der Waals surface area contributed by atoms with Crippen LogP contribution in [0, 0.1) is 5.82 Å². The summed E-state index contributed by atoms with van der Waals surface area (Å²) in [6, 6.07) is 9.52. The highest BCUT2D eigenvalue weighted by atomic mass is 35.5. The molecule has 0 spiro atoms. The van der Waals surface area contributed by atoms with Crippen LogP contribution in [0.3, 0.4) is 0 Å². The lowest BCUT2D eigenvalue weighted by atomic mass is 10.1. The largest absolute Gasteiger partial charge is 0.314 e. The number of rotatable bonds is 5. The van der Waals surface area contributed by atoms with Gasteiger partial charge in [-0.3, -0.25) is 4.90 Å². The molecular formula is C21H21ClFN7S. The van der Waals surface area contributed by atoms with Crippen molar-refractivity contribution in [2.45, 2.75) is 6.54 Å². The highest BCUT2D eigenvalue weighted by Gasteiger charge is 2.13. The van der Waals surface area contributed by atoms with Crippen LogP contribution >= 0.6 is 23.7 Å². The van der Waals surface area contributed by atoms with Gasteiger partial charge in [0.05, 0.1) is 21.9 Å². The van der Waals surface area contributed by atoms with Gasteiger partial charge in [0.2, 0.25) is 5.95 Å². The highest BCUT2D eigenvalue weighted by molar-refractivity contribution is 7.16. The van der Waals surface area contributed by atoms with Gasteiger partial charge in [0.25, 0.3) is 0 Å². The van der Waals surface area contributed by atoms with Crippen molar-refractivity contribution in [2.75, 3.05) is 31.5 Å². The summed E-state index contributed by atoms with van der Waals surface area (Å²) in [6.45, 7) is 5.01. The Balaban J connectivity index is 0.00000231. The van der Waals surface area contributed by atoms with Gasteiger partial charge in [-0.1, -0.05) is 12.1 Å². The molecule has 0 amide bonds. The van der Waals surface area contributed by atoms with Crippen LogP contribution in [0.25, 0.3) is 21.5 Å². The third-order valence-electron chi connectivity index (χ3n) is 5.03. The number of benzene rings is 1. The lowest BCUT2D eigenvalue weighted by Gasteiger charge is -2.27. The molecule has 0 saturated carbocycles. The summed E-state index contributed by atoms with van der Waals surface area (Å²) < 4.78 is 15.4. The van der Waals surface area contributed by atoms with Gasteiger partial charge in [-0.15, -0.1) is 23.7 Å². The molecule has 10 heteroatoms. The molecule has 7 nitrogen and oxygen atoms in total. The molecule has 0 aliphatic carbocycles. The van der Waals surface area contributed by atoms with Crippen molar-refractivity contribution in [2.24, 2.45) is 0 Å². The molecule has 4 heterocycles. The Morgan fingerprint density at radius 1 is 1.06 bits per heavy atom. The van der Waals surface area contributed by atoms with E-state index in [0.29, 0.717) is 17.3 Å². The lowest BCUT2D eigenvalue weighted by molar-refractivity contribution is 0.233. The zero-order chi connectivity index (χ0) is 20.3. The van der Waals surface area contributed by atoms with Gasteiger partial charge >= 0.3 is 0 Å². The highest BCUT2D eigenvalue weighted by Crippen LogP contribution is 2.27. The predicted molar refractivity (Wildman–Crippen MR) is 124 cm³/mol. The van der Waals surface area contributed by atoms with Crippen molar-refractivity contribution in [3.05, 3.63) is 59.6 Å². The molecule has 0 radical (unpaired) electrons. The molecule has 3 aromatic heterocycles. The van der Waals surface area contributed by atoms with Crippen LogP contribution < -0.4 is 10.6 Å². The first-order valence-electron chi connectivity index (χ1n) is 9.76. The van der Waals surface area contributed by atoms with E-state index in [1.807, 2.05) is 36.5 Å². The smallest absolute Gasteiger partial charge is 0.229 e. The SMILES string of the molecule is Cl.Fc1cnc(Nc2ccc(CN3CCNCC3)cn2)nc1-c1ccc2ncsc2c1. The molecule has 31 heavy (non-hydrogen) atoms. The van der Waals surface area contributed by atoms with Crippen LogP contribution in [-0.4, -0.2) is 51.0 Å². The third kappa shape index (κ3) is 4.96. The summed E-state index contributed by atoms with van der Waals surface area (Å²) in [6.07, 6.45) is 3.03. The van der Waals surface area contributed by atoms with Crippen molar-refractivity contribution < 1.29 is 4.39 Å². The zero-order valence-electron chi connectivity index (χ0n) is 16.6. The second-order valence-electron chi connectivity index (χ2n) is 7.13. The van der Waals surface area contributed by atoms with Gasteiger partial charge in [-0.05, 0) is 23.8 Å². The number of anilines is 2. The van der Waals surface area contributed by atoms with E-state index in [2.05, 4.69) is 35.5 Å². The van der Waals surface area contributed by atoms with E-state index < -0.39 is 5.82 Å². The Bertz CT molecular complexity index is 1160. The first kappa shape index (κ1) is 21.5. The van der Waals surface area contributed by atoms with E-state index >= 15 is 0 Å². The maximum absolute atomic E-state index is 14.4. The molecule has 1 fully saturated rings. The molecule has 0 unspecified atom stereocenters. The van der Waals surface area contributed by atoms with Gasteiger partial charge in [0.15, 0.2) is 5.82 Å². The van der Waals surface area contributed by atoms with Crippen LogP contribution in [0.15, 0.2) is 48.2 Å². The van der Waals surface area contributed by atoms with E-state index in [9.17, 15) is 4.39 Å². The molecule has 2 N–H and O–H groups in total. The van der Waals surface area contributed by atoms with Gasteiger partial charge < -0.3 is 10.6 Å². The topological polar surface area (TPSA) is 78.9 Å². The first-order chi connectivity index (χ1) is 14.7. The van der Waals surface area contributed by atoms with Gasteiger partial charge in [-0.2, -0.15) is 0 Å². The summed E-state index contributed by atoms with van der Waals surface area (Å²) in [5.74, 6) is 0.455. The molecule has 1 aliphatic rings. The fraction of sp³-hybridized carbons (Fsp3) is 0.238. The Morgan fingerprint density at radius 3 is 2.74 bits per heavy atom. The molecule has 1 aliphatic heterocycles. The van der Waals surface area contributed by atoms with Crippen molar-refractivity contribution >= 4 is 45.7 Å². The van der Waals surface area contributed by atoms with Crippen molar-refractivity contribution in [3.8, 4) is 11.3 Å². The third-order valence-corrected chi connectivity index (χ3v) is 5.82. The van der Waals surface area contributed by atoms with Crippen molar-refractivity contribution in [1.82, 2.24) is 30.2 Å². The second kappa shape index (κ2) is 9.61. The summed E-state index contributed by atoms with van der Waals surface area (Å²) >= 11 is 1.51. The number of nitrogens with zero attached hydrogens (tertiary/aromatic N) is 5. The summed E-state index contributed by atoms with van der Waals surface area (Å²) in [5.41, 5.74) is 4.75. The van der Waals surface area contributed by atoms with Crippen LogP contribution in [0.2, 0.25) is 0 Å². The van der Waals surface area contributed by atoms with Crippen LogP contribution in [-0.2, 0) is 6.54 Å². The molecule has 1 aromatic carbocycles. The molecule has 0 bridgehead atoms. The number of thiazole rings is 1. The fourth-order valence-corrected chi connectivity index (χ4v) is 4.18. The van der Waals surface area contributed by atoms with Crippen molar-refractivity contribution in [3.63, 3.8) is 0 Å². The minimum Gasteiger partial charge on any atom is -0.314 e. The monoisotopic (exact) mass is 457 g/mol. The maximum Gasteiger partial charge on any atom is 0.229 e. The van der Waals surface area contributed by atoms with Gasteiger partial charge in [-0.25, -0.2) is 24.3 Å². The number of pyridine rings is 1. The van der Waals surface area contributed by atoms with E-state index in [4.69, 9.17) is 0 Å². The number of aromatic nitrogens is 4. The van der Waals surface area contributed by atoms with Crippen LogP contribution in [0.4, 0.5) is 16.2 Å². The second-order valence-corrected chi connectivity index (χ2v) is 8.01. The quantitative estimate of drug-likeness (QED) is 0.471. The van der Waals surface area contributed by atoms with Crippen LogP contribution in [0.5, 0.6) is 0 Å². The summed E-state index contributed by atoms with van der Waals surface area (Å²) in [7, 11) is 0. The van der Waals surface area contributed by atoms with E-state index in [1.165, 1.54) is 17.5 Å².